The summed E-state index contributed by atoms with van der Waals surface area (Å²) in [6, 6.07) is 103. The first kappa shape index (κ1) is 54.0. The van der Waals surface area contributed by atoms with E-state index in [0.717, 1.165) is 122 Å². The second kappa shape index (κ2) is 21.0. The number of anilines is 6. The third-order valence-corrected chi connectivity index (χ3v) is 19.5. The lowest BCUT2D eigenvalue weighted by Crippen LogP contribution is -2.29. The highest BCUT2D eigenvalue weighted by atomic mass is 16.3. The molecule has 4 heteroatoms. The Bertz CT molecular complexity index is 5280. The molecule has 0 radical (unpaired) electrons. The first-order valence-corrected chi connectivity index (χ1v) is 31.6. The molecule has 91 heavy (non-hydrogen) atoms. The monoisotopic (exact) mass is 1170 g/mol. The van der Waals surface area contributed by atoms with Crippen molar-refractivity contribution in [2.75, 3.05) is 9.80 Å². The molecule has 14 aromatic carbocycles. The highest BCUT2D eigenvalue weighted by molar-refractivity contribution is 6.21. The van der Waals surface area contributed by atoms with Gasteiger partial charge in [-0.1, -0.05) is 254 Å². The molecule has 1 aliphatic rings. The Hall–Kier alpha value is -11.2. The van der Waals surface area contributed by atoms with Crippen molar-refractivity contribution in [3.8, 4) is 33.4 Å². The molecule has 0 atom stereocenters. The molecule has 0 spiro atoms. The smallest absolute Gasteiger partial charge is 0.159 e. The Morgan fingerprint density at radius 3 is 0.989 bits per heavy atom. The van der Waals surface area contributed by atoms with Crippen molar-refractivity contribution in [3.63, 3.8) is 0 Å². The number of para-hydroxylation sites is 4. The SMILES string of the molecule is Cc1ccc(N(c2cc3c(c4ccccc24)-c2c(cc(N(c4ccc(C)cc4C)c4cccc5c4oc4c(-c6ccccc6C)cccc45)c4ccccc24)C3(c2ccccc2)c2ccccc2)c2cccc3c2oc2c(-c4ccccc4C)cccc23)c(C)c1. The zero-order valence-electron chi connectivity index (χ0n) is 51.8. The number of aryl methyl sites for hydroxylation is 6. The molecule has 0 saturated heterocycles. The number of rotatable bonds is 10. The highest BCUT2D eigenvalue weighted by Crippen LogP contribution is 2.63. The van der Waals surface area contributed by atoms with Gasteiger partial charge in [-0.2, -0.15) is 0 Å². The van der Waals surface area contributed by atoms with Crippen molar-refractivity contribution in [1.82, 2.24) is 0 Å². The zero-order valence-corrected chi connectivity index (χ0v) is 51.8. The lowest BCUT2D eigenvalue weighted by Gasteiger charge is -2.36. The molecule has 17 rings (SSSR count). The summed E-state index contributed by atoms with van der Waals surface area (Å²) in [6.07, 6.45) is 0. The van der Waals surface area contributed by atoms with Gasteiger partial charge in [0.15, 0.2) is 11.2 Å². The summed E-state index contributed by atoms with van der Waals surface area (Å²) in [7, 11) is 0. The van der Waals surface area contributed by atoms with Crippen LogP contribution in [0.25, 0.3) is 98.8 Å². The lowest BCUT2D eigenvalue weighted by atomic mass is 9.67. The van der Waals surface area contributed by atoms with E-state index in [9.17, 15) is 0 Å². The maximum atomic E-state index is 7.44. The van der Waals surface area contributed by atoms with Gasteiger partial charge in [0.2, 0.25) is 0 Å². The summed E-state index contributed by atoms with van der Waals surface area (Å²) >= 11 is 0. The van der Waals surface area contributed by atoms with Gasteiger partial charge in [-0.25, -0.2) is 0 Å². The van der Waals surface area contributed by atoms with Crippen LogP contribution in [0, 0.1) is 41.5 Å². The van der Waals surface area contributed by atoms with Crippen molar-refractivity contribution in [1.29, 1.82) is 0 Å². The quantitative estimate of drug-likeness (QED) is 0.137. The fourth-order valence-electron chi connectivity index (χ4n) is 15.6. The second-order valence-electron chi connectivity index (χ2n) is 25.0. The first-order chi connectivity index (χ1) is 44.6. The Labute approximate surface area is 530 Å². The number of nitrogens with zero attached hydrogens (tertiary/aromatic N) is 2. The van der Waals surface area contributed by atoms with Gasteiger partial charge in [-0.05, 0) is 155 Å². The third-order valence-electron chi connectivity index (χ3n) is 19.5. The maximum absolute atomic E-state index is 7.44. The molecule has 4 nitrogen and oxygen atoms in total. The van der Waals surface area contributed by atoms with Crippen LogP contribution in [0.15, 0.2) is 288 Å². The average Bonchev–Trinajstić information content (AvgIpc) is 1.46. The lowest BCUT2D eigenvalue weighted by molar-refractivity contribution is 0.670. The number of benzene rings is 14. The Kier molecular flexibility index (Phi) is 12.4. The molecule has 0 N–H and O–H groups in total. The minimum Gasteiger partial charge on any atom is -0.453 e. The minimum absolute atomic E-state index is 0.830. The molecular weight excluding hydrogens is 1100 g/mol. The molecule has 2 heterocycles. The Morgan fingerprint density at radius 1 is 0.242 bits per heavy atom. The number of hydrogen-bond donors (Lipinski definition) is 0. The van der Waals surface area contributed by atoms with Crippen LogP contribution in [-0.4, -0.2) is 0 Å². The van der Waals surface area contributed by atoms with Gasteiger partial charge in [0.05, 0.1) is 28.2 Å². The van der Waals surface area contributed by atoms with Crippen molar-refractivity contribution < 1.29 is 8.83 Å². The summed E-state index contributed by atoms with van der Waals surface area (Å²) in [6.45, 7) is 13.2. The van der Waals surface area contributed by atoms with E-state index in [1.54, 1.807) is 0 Å². The molecular formula is C87H64N2O2. The standard InChI is InChI=1S/C87H64N2O2/c1-53-45-47-75(57(5)49-53)88(77-43-23-41-71-69-39-21-37-67(83(69)90-85(71)77)61-31-15-13-25-55(61)3)79-51-73-81(65-35-19-17-33-63(65)79)82-66-36-20-18-34-64(66)80(52-74(82)87(73,59-27-9-7-10-28-59)60-29-11-8-12-30-60)89(76-48-46-54(2)50-58(76)6)78-44-24-42-72-70-40-22-38-68(84(70)91-86(72)78)62-32-16-14-26-56(62)4/h7-52H,1-6H3. The molecule has 0 amide bonds. The van der Waals surface area contributed by atoms with Gasteiger partial charge < -0.3 is 18.6 Å². The second-order valence-corrected chi connectivity index (χ2v) is 25.0. The van der Waals surface area contributed by atoms with Gasteiger partial charge in [-0.3, -0.25) is 0 Å². The number of fused-ring (bicyclic) bond motifs is 13. The van der Waals surface area contributed by atoms with Crippen LogP contribution in [0.1, 0.15) is 55.6 Å². The van der Waals surface area contributed by atoms with Crippen molar-refractivity contribution >= 4 is 99.5 Å². The summed E-state index contributed by atoms with van der Waals surface area (Å²) in [5.74, 6) is 0. The fourth-order valence-corrected chi connectivity index (χ4v) is 15.6. The number of hydrogen-bond acceptors (Lipinski definition) is 4. The fraction of sp³-hybridized carbons (Fsp3) is 0.0805. The van der Waals surface area contributed by atoms with E-state index in [4.69, 9.17) is 8.83 Å². The predicted octanol–water partition coefficient (Wildman–Crippen LogP) is 24.3. The molecule has 16 aromatic rings. The molecule has 2 aromatic heterocycles. The van der Waals surface area contributed by atoms with E-state index in [1.165, 1.54) is 66.4 Å². The van der Waals surface area contributed by atoms with E-state index in [1.807, 2.05) is 0 Å². The van der Waals surface area contributed by atoms with Crippen LogP contribution in [0.3, 0.4) is 0 Å². The normalized spacial score (nSPS) is 12.6. The summed E-state index contributed by atoms with van der Waals surface area (Å²) in [4.78, 5) is 5.01. The van der Waals surface area contributed by atoms with E-state index in [2.05, 4.69) is 330 Å². The van der Waals surface area contributed by atoms with Gasteiger partial charge in [0.1, 0.15) is 11.2 Å². The van der Waals surface area contributed by atoms with E-state index >= 15 is 0 Å². The van der Waals surface area contributed by atoms with Crippen LogP contribution in [0.2, 0.25) is 0 Å². The largest absolute Gasteiger partial charge is 0.453 e. The van der Waals surface area contributed by atoms with Crippen molar-refractivity contribution in [2.24, 2.45) is 0 Å². The van der Waals surface area contributed by atoms with Crippen LogP contribution in [-0.2, 0) is 5.41 Å². The maximum Gasteiger partial charge on any atom is 0.159 e. The molecule has 1 aliphatic carbocycles. The molecule has 0 bridgehead atoms. The van der Waals surface area contributed by atoms with Gasteiger partial charge in [0, 0.05) is 54.8 Å². The first-order valence-electron chi connectivity index (χ1n) is 31.6. The predicted molar refractivity (Wildman–Crippen MR) is 382 cm³/mol. The zero-order chi connectivity index (χ0) is 61.2. The summed E-state index contributed by atoms with van der Waals surface area (Å²) in [5, 5.41) is 8.89. The van der Waals surface area contributed by atoms with Crippen molar-refractivity contribution in [2.45, 2.75) is 47.0 Å². The highest BCUT2D eigenvalue weighted by Gasteiger charge is 2.49. The molecule has 0 aliphatic heterocycles. The van der Waals surface area contributed by atoms with Gasteiger partial charge >= 0.3 is 0 Å². The molecule has 0 unspecified atom stereocenters. The summed E-state index contributed by atoms with van der Waals surface area (Å²) in [5.41, 5.74) is 27.5. The van der Waals surface area contributed by atoms with Crippen LogP contribution in [0.5, 0.6) is 0 Å². The topological polar surface area (TPSA) is 32.8 Å². The van der Waals surface area contributed by atoms with Gasteiger partial charge in [0.25, 0.3) is 0 Å². The average molecular weight is 1170 g/mol. The Balaban J connectivity index is 0.996. The molecule has 0 saturated carbocycles. The molecule has 0 fully saturated rings. The van der Waals surface area contributed by atoms with E-state index in [0.29, 0.717) is 0 Å². The summed E-state index contributed by atoms with van der Waals surface area (Å²) < 4.78 is 14.9. The van der Waals surface area contributed by atoms with Crippen LogP contribution < -0.4 is 9.80 Å². The minimum atomic E-state index is -0.867. The Morgan fingerprint density at radius 2 is 0.582 bits per heavy atom. The van der Waals surface area contributed by atoms with Crippen LogP contribution >= 0.6 is 0 Å². The van der Waals surface area contributed by atoms with Crippen molar-refractivity contribution in [3.05, 3.63) is 335 Å². The van der Waals surface area contributed by atoms with Gasteiger partial charge in [-0.15, -0.1) is 0 Å². The number of furan rings is 2. The van der Waals surface area contributed by atoms with E-state index in [-0.39, 0.29) is 0 Å². The molecule has 434 valence electrons. The third kappa shape index (κ3) is 8.15. The van der Waals surface area contributed by atoms with E-state index < -0.39 is 5.41 Å². The van der Waals surface area contributed by atoms with Crippen LogP contribution in [0.4, 0.5) is 34.1 Å².